The summed E-state index contributed by atoms with van der Waals surface area (Å²) in [5.74, 6) is 0.991. The van der Waals surface area contributed by atoms with E-state index in [0.717, 1.165) is 37.9 Å². The number of hydrogen-bond acceptors (Lipinski definition) is 3. The van der Waals surface area contributed by atoms with Crippen LogP contribution in [0.3, 0.4) is 0 Å². The summed E-state index contributed by atoms with van der Waals surface area (Å²) >= 11 is 0. The normalized spacial score (nSPS) is 29.1. The molecule has 0 spiro atoms. The standard InChI is InChI=1S/C16H21NO3/c18-15-7-6-13-9-17(10-14(13)8-15)16(19)20-11-12-4-2-1-3-5-12/h1-5,13-15,18H,6-11H2. The Balaban J connectivity index is 1.51. The second-order valence-electron chi connectivity index (χ2n) is 5.93. The van der Waals surface area contributed by atoms with Gasteiger partial charge in [0.25, 0.3) is 0 Å². The van der Waals surface area contributed by atoms with Crippen molar-refractivity contribution < 1.29 is 14.6 Å². The van der Waals surface area contributed by atoms with Crippen LogP contribution in [0, 0.1) is 11.8 Å². The average molecular weight is 275 g/mol. The predicted molar refractivity (Wildman–Crippen MR) is 75.0 cm³/mol. The van der Waals surface area contributed by atoms with Crippen LogP contribution in [-0.4, -0.2) is 35.3 Å². The van der Waals surface area contributed by atoms with Gasteiger partial charge in [0.15, 0.2) is 0 Å². The van der Waals surface area contributed by atoms with Crippen LogP contribution in [0.4, 0.5) is 4.79 Å². The molecule has 2 fully saturated rings. The zero-order valence-electron chi connectivity index (χ0n) is 11.6. The van der Waals surface area contributed by atoms with Gasteiger partial charge in [0, 0.05) is 13.1 Å². The van der Waals surface area contributed by atoms with E-state index in [9.17, 15) is 9.90 Å². The van der Waals surface area contributed by atoms with Gasteiger partial charge >= 0.3 is 6.09 Å². The lowest BCUT2D eigenvalue weighted by molar-refractivity contribution is 0.0859. The molecular weight excluding hydrogens is 254 g/mol. The second kappa shape index (κ2) is 5.83. The van der Waals surface area contributed by atoms with E-state index in [1.165, 1.54) is 0 Å². The maximum atomic E-state index is 12.1. The van der Waals surface area contributed by atoms with E-state index in [2.05, 4.69) is 0 Å². The third-order valence-corrected chi connectivity index (χ3v) is 4.49. The van der Waals surface area contributed by atoms with Crippen molar-refractivity contribution in [3.8, 4) is 0 Å². The Labute approximate surface area is 119 Å². The van der Waals surface area contributed by atoms with Crippen molar-refractivity contribution in [3.05, 3.63) is 35.9 Å². The minimum absolute atomic E-state index is 0.184. The quantitative estimate of drug-likeness (QED) is 0.901. The topological polar surface area (TPSA) is 49.8 Å². The molecule has 1 aromatic rings. The molecule has 1 amide bonds. The molecule has 4 heteroatoms. The summed E-state index contributed by atoms with van der Waals surface area (Å²) < 4.78 is 5.37. The Morgan fingerprint density at radius 1 is 1.20 bits per heavy atom. The van der Waals surface area contributed by atoms with Crippen LogP contribution in [0.25, 0.3) is 0 Å². The molecule has 1 saturated carbocycles. The molecule has 108 valence electrons. The number of fused-ring (bicyclic) bond motifs is 1. The van der Waals surface area contributed by atoms with Gasteiger partial charge in [-0.25, -0.2) is 4.79 Å². The van der Waals surface area contributed by atoms with Crippen LogP contribution in [0.2, 0.25) is 0 Å². The summed E-state index contributed by atoms with van der Waals surface area (Å²) in [6.45, 7) is 1.84. The Kier molecular flexibility index (Phi) is 3.92. The van der Waals surface area contributed by atoms with E-state index < -0.39 is 0 Å². The van der Waals surface area contributed by atoms with Crippen molar-refractivity contribution in [1.29, 1.82) is 0 Å². The highest BCUT2D eigenvalue weighted by Gasteiger charge is 2.39. The molecule has 1 N–H and O–H groups in total. The number of nitrogens with zero attached hydrogens (tertiary/aromatic N) is 1. The lowest BCUT2D eigenvalue weighted by atomic mass is 9.80. The average Bonchev–Trinajstić information content (AvgIpc) is 2.89. The summed E-state index contributed by atoms with van der Waals surface area (Å²) in [6.07, 6.45) is 2.31. The molecule has 20 heavy (non-hydrogen) atoms. The zero-order valence-corrected chi connectivity index (χ0v) is 11.6. The molecule has 3 rings (SSSR count). The Hall–Kier alpha value is -1.55. The fourth-order valence-electron chi connectivity index (χ4n) is 3.37. The minimum Gasteiger partial charge on any atom is -0.445 e. The highest BCUT2D eigenvalue weighted by Crippen LogP contribution is 2.36. The van der Waals surface area contributed by atoms with Gasteiger partial charge in [0.2, 0.25) is 0 Å². The van der Waals surface area contributed by atoms with E-state index in [-0.39, 0.29) is 12.2 Å². The summed E-state index contributed by atoms with van der Waals surface area (Å²) in [6, 6.07) is 9.73. The number of hydrogen-bond donors (Lipinski definition) is 1. The molecule has 1 heterocycles. The number of benzene rings is 1. The van der Waals surface area contributed by atoms with Gasteiger partial charge in [-0.1, -0.05) is 30.3 Å². The Morgan fingerprint density at radius 3 is 2.75 bits per heavy atom. The molecule has 2 aliphatic rings. The van der Waals surface area contributed by atoms with Crippen molar-refractivity contribution in [3.63, 3.8) is 0 Å². The highest BCUT2D eigenvalue weighted by atomic mass is 16.6. The van der Waals surface area contributed by atoms with Crippen molar-refractivity contribution in [1.82, 2.24) is 4.90 Å². The molecule has 0 bridgehead atoms. The van der Waals surface area contributed by atoms with Crippen LogP contribution in [0.5, 0.6) is 0 Å². The number of carbonyl (C=O) groups excluding carboxylic acids is 1. The maximum absolute atomic E-state index is 12.1. The maximum Gasteiger partial charge on any atom is 0.410 e. The molecule has 1 saturated heterocycles. The molecule has 4 nitrogen and oxygen atoms in total. The van der Waals surface area contributed by atoms with Crippen molar-refractivity contribution >= 4 is 6.09 Å². The van der Waals surface area contributed by atoms with Gasteiger partial charge in [0.05, 0.1) is 6.10 Å². The number of amides is 1. The molecule has 1 aliphatic carbocycles. The second-order valence-corrected chi connectivity index (χ2v) is 5.93. The predicted octanol–water partition coefficient (Wildman–Crippen LogP) is 2.42. The SMILES string of the molecule is O=C(OCc1ccccc1)N1CC2CCC(O)CC2C1. The van der Waals surface area contributed by atoms with Gasteiger partial charge in [-0.05, 0) is 36.7 Å². The first-order chi connectivity index (χ1) is 9.72. The van der Waals surface area contributed by atoms with Gasteiger partial charge in [-0.3, -0.25) is 0 Å². The molecule has 1 aliphatic heterocycles. The minimum atomic E-state index is -0.224. The van der Waals surface area contributed by atoms with Crippen LogP contribution in [0.1, 0.15) is 24.8 Å². The van der Waals surface area contributed by atoms with Crippen LogP contribution < -0.4 is 0 Å². The molecule has 0 aromatic heterocycles. The van der Waals surface area contributed by atoms with E-state index in [1.54, 1.807) is 4.90 Å². The van der Waals surface area contributed by atoms with Crippen molar-refractivity contribution in [2.45, 2.75) is 32.0 Å². The molecule has 1 aromatic carbocycles. The zero-order chi connectivity index (χ0) is 13.9. The number of aliphatic hydroxyl groups excluding tert-OH is 1. The van der Waals surface area contributed by atoms with Gasteiger partial charge in [-0.15, -0.1) is 0 Å². The van der Waals surface area contributed by atoms with E-state index in [4.69, 9.17) is 4.74 Å². The first-order valence-electron chi connectivity index (χ1n) is 7.36. The van der Waals surface area contributed by atoms with Gasteiger partial charge < -0.3 is 14.7 Å². The lowest BCUT2D eigenvalue weighted by Gasteiger charge is -2.27. The highest BCUT2D eigenvalue weighted by molar-refractivity contribution is 5.68. The number of likely N-dealkylation sites (tertiary alicyclic amines) is 1. The third-order valence-electron chi connectivity index (χ3n) is 4.49. The largest absolute Gasteiger partial charge is 0.445 e. The first-order valence-corrected chi connectivity index (χ1v) is 7.36. The van der Waals surface area contributed by atoms with Crippen LogP contribution in [-0.2, 0) is 11.3 Å². The summed E-state index contributed by atoms with van der Waals surface area (Å²) in [5, 5.41) is 9.70. The monoisotopic (exact) mass is 275 g/mol. The molecule has 0 radical (unpaired) electrons. The van der Waals surface area contributed by atoms with Crippen molar-refractivity contribution in [2.24, 2.45) is 11.8 Å². The van der Waals surface area contributed by atoms with Gasteiger partial charge in [0.1, 0.15) is 6.61 Å². The third kappa shape index (κ3) is 2.96. The number of carbonyl (C=O) groups is 1. The fraction of sp³-hybridized carbons (Fsp3) is 0.562. The van der Waals surface area contributed by atoms with Crippen LogP contribution >= 0.6 is 0 Å². The smallest absolute Gasteiger partial charge is 0.410 e. The summed E-state index contributed by atoms with van der Waals surface area (Å²) in [5.41, 5.74) is 1.01. The number of aliphatic hydroxyl groups is 1. The number of ether oxygens (including phenoxy) is 1. The van der Waals surface area contributed by atoms with Gasteiger partial charge in [-0.2, -0.15) is 0 Å². The van der Waals surface area contributed by atoms with Crippen molar-refractivity contribution in [2.75, 3.05) is 13.1 Å². The Bertz CT molecular complexity index is 462. The van der Waals surface area contributed by atoms with E-state index >= 15 is 0 Å². The Morgan fingerprint density at radius 2 is 1.95 bits per heavy atom. The summed E-state index contributed by atoms with van der Waals surface area (Å²) in [7, 11) is 0. The lowest BCUT2D eigenvalue weighted by Crippen LogP contribution is -2.29. The molecular formula is C16H21NO3. The first kappa shape index (κ1) is 13.4. The molecule has 3 unspecified atom stereocenters. The summed E-state index contributed by atoms with van der Waals surface area (Å²) in [4.78, 5) is 13.9. The van der Waals surface area contributed by atoms with Crippen LogP contribution in [0.15, 0.2) is 30.3 Å². The molecule has 3 atom stereocenters. The van der Waals surface area contributed by atoms with E-state index in [0.29, 0.717) is 18.4 Å². The number of rotatable bonds is 2. The van der Waals surface area contributed by atoms with E-state index in [1.807, 2.05) is 30.3 Å². The fourth-order valence-corrected chi connectivity index (χ4v) is 3.37.